The number of aliphatic hydroxyl groups is 1. The van der Waals surface area contributed by atoms with Crippen molar-refractivity contribution in [3.63, 3.8) is 0 Å². The van der Waals surface area contributed by atoms with Crippen LogP contribution >= 0.6 is 0 Å². The number of rotatable bonds is 5. The van der Waals surface area contributed by atoms with E-state index in [1.165, 1.54) is 19.3 Å². The normalized spacial score (nSPS) is 25.8. The van der Waals surface area contributed by atoms with Gasteiger partial charge < -0.3 is 15.3 Å². The van der Waals surface area contributed by atoms with Gasteiger partial charge in [0.1, 0.15) is 0 Å². The van der Waals surface area contributed by atoms with E-state index >= 15 is 0 Å². The van der Waals surface area contributed by atoms with E-state index in [-0.39, 0.29) is 29.8 Å². The maximum atomic E-state index is 12.2. The van der Waals surface area contributed by atoms with Crippen molar-refractivity contribution in [1.82, 2.24) is 10.2 Å². The topological polar surface area (TPSA) is 69.6 Å². The van der Waals surface area contributed by atoms with Gasteiger partial charge in [-0.3, -0.25) is 9.59 Å². The summed E-state index contributed by atoms with van der Waals surface area (Å²) in [5.41, 5.74) is 0.0666. The van der Waals surface area contributed by atoms with E-state index in [1.807, 2.05) is 0 Å². The summed E-state index contributed by atoms with van der Waals surface area (Å²) in [4.78, 5) is 25.3. The van der Waals surface area contributed by atoms with Crippen LogP contribution in [0.1, 0.15) is 44.9 Å². The molecule has 0 spiro atoms. The van der Waals surface area contributed by atoms with Crippen LogP contribution in [-0.2, 0) is 9.59 Å². The second-order valence-electron chi connectivity index (χ2n) is 6.43. The smallest absolute Gasteiger partial charge is 0.225 e. The number of nitrogens with zero attached hydrogens (tertiary/aromatic N) is 1. The molecule has 5 nitrogen and oxygen atoms in total. The standard InChI is InChI=1S/C15H26N2O3/c1-17-10-12(9-13(17)19)14(20)16-11-15(7-8-18)5-3-2-4-6-15/h12,18H,2-11H2,1H3,(H,16,20). The summed E-state index contributed by atoms with van der Waals surface area (Å²) >= 11 is 0. The fourth-order valence-corrected chi connectivity index (χ4v) is 3.51. The summed E-state index contributed by atoms with van der Waals surface area (Å²) in [5.74, 6) is -0.166. The number of amides is 2. The highest BCUT2D eigenvalue weighted by Crippen LogP contribution is 2.38. The Balaban J connectivity index is 1.86. The molecule has 1 unspecified atom stereocenters. The van der Waals surface area contributed by atoms with Crippen LogP contribution in [0.5, 0.6) is 0 Å². The predicted molar refractivity (Wildman–Crippen MR) is 76.0 cm³/mol. The molecule has 1 atom stereocenters. The summed E-state index contributed by atoms with van der Waals surface area (Å²) in [6.45, 7) is 1.35. The van der Waals surface area contributed by atoms with Crippen LogP contribution in [0.3, 0.4) is 0 Å². The first-order valence-electron chi connectivity index (χ1n) is 7.69. The van der Waals surface area contributed by atoms with E-state index in [9.17, 15) is 14.7 Å². The fourth-order valence-electron chi connectivity index (χ4n) is 3.51. The lowest BCUT2D eigenvalue weighted by Gasteiger charge is -2.37. The minimum absolute atomic E-state index is 0.00871. The zero-order valence-corrected chi connectivity index (χ0v) is 12.4. The van der Waals surface area contributed by atoms with E-state index in [2.05, 4.69) is 5.32 Å². The van der Waals surface area contributed by atoms with Gasteiger partial charge in [0.15, 0.2) is 0 Å². The SMILES string of the molecule is CN1CC(C(=O)NCC2(CCO)CCCCC2)CC1=O. The molecule has 1 saturated heterocycles. The molecule has 0 aromatic rings. The number of hydrogen-bond donors (Lipinski definition) is 2. The van der Waals surface area contributed by atoms with Crippen LogP contribution in [0.2, 0.25) is 0 Å². The Morgan fingerprint density at radius 3 is 2.65 bits per heavy atom. The number of hydrogen-bond acceptors (Lipinski definition) is 3. The van der Waals surface area contributed by atoms with Gasteiger partial charge in [0.2, 0.25) is 11.8 Å². The minimum Gasteiger partial charge on any atom is -0.396 e. The predicted octanol–water partition coefficient (Wildman–Crippen LogP) is 0.914. The van der Waals surface area contributed by atoms with Crippen molar-refractivity contribution in [2.24, 2.45) is 11.3 Å². The van der Waals surface area contributed by atoms with Gasteiger partial charge in [-0.1, -0.05) is 19.3 Å². The highest BCUT2D eigenvalue weighted by molar-refractivity contribution is 5.89. The molecule has 0 bridgehead atoms. The van der Waals surface area contributed by atoms with Crippen LogP contribution in [0.4, 0.5) is 0 Å². The van der Waals surface area contributed by atoms with Crippen molar-refractivity contribution in [2.75, 3.05) is 26.7 Å². The fraction of sp³-hybridized carbons (Fsp3) is 0.867. The number of aliphatic hydroxyl groups excluding tert-OH is 1. The van der Waals surface area contributed by atoms with Crippen molar-refractivity contribution in [3.8, 4) is 0 Å². The zero-order valence-electron chi connectivity index (χ0n) is 12.4. The lowest BCUT2D eigenvalue weighted by molar-refractivity contribution is -0.128. The van der Waals surface area contributed by atoms with Crippen molar-refractivity contribution in [1.29, 1.82) is 0 Å². The molecular formula is C15H26N2O3. The molecule has 1 aliphatic heterocycles. The maximum Gasteiger partial charge on any atom is 0.225 e. The third kappa shape index (κ3) is 3.51. The summed E-state index contributed by atoms with van der Waals surface area (Å²) in [7, 11) is 1.74. The maximum absolute atomic E-state index is 12.2. The Bertz CT molecular complexity index is 359. The molecule has 0 radical (unpaired) electrons. The molecule has 1 aliphatic carbocycles. The number of nitrogens with one attached hydrogen (secondary N) is 1. The second kappa shape index (κ2) is 6.57. The monoisotopic (exact) mass is 282 g/mol. The van der Waals surface area contributed by atoms with Gasteiger partial charge in [0.25, 0.3) is 0 Å². The first kappa shape index (κ1) is 15.3. The van der Waals surface area contributed by atoms with E-state index < -0.39 is 0 Å². The molecule has 2 aliphatic rings. The highest BCUT2D eigenvalue weighted by atomic mass is 16.3. The van der Waals surface area contributed by atoms with Crippen molar-refractivity contribution >= 4 is 11.8 Å². The quantitative estimate of drug-likeness (QED) is 0.787. The summed E-state index contributed by atoms with van der Waals surface area (Å²) in [6.07, 6.45) is 6.87. The van der Waals surface area contributed by atoms with E-state index in [0.717, 1.165) is 19.3 Å². The van der Waals surface area contributed by atoms with Crippen LogP contribution in [0.15, 0.2) is 0 Å². The molecule has 20 heavy (non-hydrogen) atoms. The second-order valence-corrected chi connectivity index (χ2v) is 6.43. The van der Waals surface area contributed by atoms with Gasteiger partial charge in [0, 0.05) is 33.2 Å². The van der Waals surface area contributed by atoms with Crippen LogP contribution in [0.25, 0.3) is 0 Å². The van der Waals surface area contributed by atoms with Crippen LogP contribution in [0, 0.1) is 11.3 Å². The third-order valence-corrected chi connectivity index (χ3v) is 4.91. The van der Waals surface area contributed by atoms with Crippen LogP contribution < -0.4 is 5.32 Å². The molecule has 1 heterocycles. The molecule has 0 aromatic carbocycles. The van der Waals surface area contributed by atoms with Gasteiger partial charge >= 0.3 is 0 Å². The molecule has 2 N–H and O–H groups in total. The Kier molecular flexibility index (Phi) is 5.02. The number of carbonyl (C=O) groups is 2. The molecule has 114 valence electrons. The molecular weight excluding hydrogens is 256 g/mol. The lowest BCUT2D eigenvalue weighted by atomic mass is 9.72. The Morgan fingerprint density at radius 1 is 1.40 bits per heavy atom. The average Bonchev–Trinajstić information content (AvgIpc) is 2.78. The summed E-state index contributed by atoms with van der Waals surface area (Å²) in [5, 5.41) is 12.3. The van der Waals surface area contributed by atoms with Crippen molar-refractivity contribution in [2.45, 2.75) is 44.9 Å². The van der Waals surface area contributed by atoms with E-state index in [1.54, 1.807) is 11.9 Å². The van der Waals surface area contributed by atoms with Gasteiger partial charge in [-0.2, -0.15) is 0 Å². The van der Waals surface area contributed by atoms with E-state index in [4.69, 9.17) is 0 Å². The number of likely N-dealkylation sites (tertiary alicyclic amines) is 1. The number of carbonyl (C=O) groups excluding carboxylic acids is 2. The van der Waals surface area contributed by atoms with Gasteiger partial charge in [-0.05, 0) is 24.7 Å². The van der Waals surface area contributed by atoms with Crippen molar-refractivity contribution in [3.05, 3.63) is 0 Å². The molecule has 2 rings (SSSR count). The Morgan fingerprint density at radius 2 is 2.10 bits per heavy atom. The molecule has 5 heteroatoms. The molecule has 2 amide bonds. The third-order valence-electron chi connectivity index (χ3n) is 4.91. The largest absolute Gasteiger partial charge is 0.396 e. The van der Waals surface area contributed by atoms with Gasteiger partial charge in [0.05, 0.1) is 5.92 Å². The molecule has 1 saturated carbocycles. The highest BCUT2D eigenvalue weighted by Gasteiger charge is 2.35. The summed E-state index contributed by atoms with van der Waals surface area (Å²) < 4.78 is 0. The Labute approximate surface area is 120 Å². The minimum atomic E-state index is -0.206. The van der Waals surface area contributed by atoms with E-state index in [0.29, 0.717) is 19.5 Å². The van der Waals surface area contributed by atoms with Gasteiger partial charge in [-0.15, -0.1) is 0 Å². The first-order valence-corrected chi connectivity index (χ1v) is 7.69. The van der Waals surface area contributed by atoms with Crippen molar-refractivity contribution < 1.29 is 14.7 Å². The molecule has 0 aromatic heterocycles. The average molecular weight is 282 g/mol. The first-order chi connectivity index (χ1) is 9.56. The van der Waals surface area contributed by atoms with Crippen LogP contribution in [-0.4, -0.2) is 48.6 Å². The summed E-state index contributed by atoms with van der Waals surface area (Å²) in [6, 6.07) is 0. The van der Waals surface area contributed by atoms with Gasteiger partial charge in [-0.25, -0.2) is 0 Å². The zero-order chi connectivity index (χ0) is 14.6. The Hall–Kier alpha value is -1.10. The molecule has 2 fully saturated rings. The lowest BCUT2D eigenvalue weighted by Crippen LogP contribution is -2.42.